The van der Waals surface area contributed by atoms with Gasteiger partial charge in [-0.2, -0.15) is 5.01 Å². The number of amidine groups is 1. The first-order valence-corrected chi connectivity index (χ1v) is 11.4. The molecule has 0 spiro atoms. The van der Waals surface area contributed by atoms with E-state index in [2.05, 4.69) is 15.6 Å². The van der Waals surface area contributed by atoms with E-state index in [1.165, 1.54) is 9.69 Å². The fourth-order valence-electron chi connectivity index (χ4n) is 3.01. The topological polar surface area (TPSA) is 94.9 Å². The number of aliphatic imine (C=N–C) groups is 1. The number of nitrogens with zero attached hydrogens (tertiary/aromatic N) is 5. The van der Waals surface area contributed by atoms with E-state index in [0.29, 0.717) is 16.6 Å². The minimum Gasteiger partial charge on any atom is -0.288 e. The highest BCUT2D eigenvalue weighted by atomic mass is 32.2. The van der Waals surface area contributed by atoms with Gasteiger partial charge in [-0.15, -0.1) is 0 Å². The van der Waals surface area contributed by atoms with E-state index in [1.54, 1.807) is 37.5 Å². The Labute approximate surface area is 201 Å². The molecule has 34 heavy (non-hydrogen) atoms. The van der Waals surface area contributed by atoms with E-state index in [-0.39, 0.29) is 23.5 Å². The van der Waals surface area contributed by atoms with Crippen molar-refractivity contribution >= 4 is 46.4 Å². The number of rotatable bonds is 7. The van der Waals surface area contributed by atoms with Crippen LogP contribution in [0.2, 0.25) is 0 Å². The Morgan fingerprint density at radius 2 is 1.85 bits per heavy atom. The zero-order valence-electron chi connectivity index (χ0n) is 18.7. The number of amides is 2. The van der Waals surface area contributed by atoms with Crippen molar-refractivity contribution in [2.75, 3.05) is 35.1 Å². The molecule has 3 aromatic rings. The van der Waals surface area contributed by atoms with Gasteiger partial charge in [0.1, 0.15) is 5.70 Å². The Morgan fingerprint density at radius 1 is 1.15 bits per heavy atom. The molecule has 0 radical (unpaired) electrons. The summed E-state index contributed by atoms with van der Waals surface area (Å²) in [5, 5.41) is 8.54. The molecule has 9 nitrogen and oxygen atoms in total. The molecule has 0 fully saturated rings. The quantitative estimate of drug-likeness (QED) is 0.417. The molecule has 0 saturated heterocycles. The molecule has 172 valence electrons. The standard InChI is InChI=1S/C24H22N6O3S/c1-28(2)29-16-22(33-27-29)26-21(31)17-34-24-25-20(15-9-12-18-10-5-3-6-11-18)23(32)30(24)19-13-7-4-8-14-19/h3-16H,17H2,1-2H3/p+1/b12-9+,20-15+. The third-order valence-electron chi connectivity index (χ3n) is 4.65. The molecule has 0 bridgehead atoms. The van der Waals surface area contributed by atoms with Crippen LogP contribution in [-0.4, -0.2) is 42.1 Å². The van der Waals surface area contributed by atoms with Crippen LogP contribution in [0, 0.1) is 0 Å². The summed E-state index contributed by atoms with van der Waals surface area (Å²) in [6.07, 6.45) is 6.92. The predicted octanol–water partition coefficient (Wildman–Crippen LogP) is 2.83. The van der Waals surface area contributed by atoms with Gasteiger partial charge < -0.3 is 0 Å². The van der Waals surface area contributed by atoms with Gasteiger partial charge in [0.15, 0.2) is 5.17 Å². The third kappa shape index (κ3) is 5.59. The maximum atomic E-state index is 13.1. The molecule has 1 aliphatic heterocycles. The fourth-order valence-corrected chi connectivity index (χ4v) is 3.82. The summed E-state index contributed by atoms with van der Waals surface area (Å²) in [4.78, 5) is 33.0. The Kier molecular flexibility index (Phi) is 7.19. The average Bonchev–Trinajstić information content (AvgIpc) is 3.43. The SMILES string of the molecule is CN(C)[n+]1cc(NC(=O)CSC2=N/C(=C/C=C/c3ccccc3)C(=O)N2c2ccccc2)on1. The molecule has 0 unspecified atom stereocenters. The Hall–Kier alpha value is -4.18. The van der Waals surface area contributed by atoms with Crippen LogP contribution in [0.5, 0.6) is 0 Å². The van der Waals surface area contributed by atoms with E-state index in [9.17, 15) is 9.59 Å². The van der Waals surface area contributed by atoms with Gasteiger partial charge in [0, 0.05) is 0 Å². The number of anilines is 2. The van der Waals surface area contributed by atoms with Crippen LogP contribution in [0.3, 0.4) is 0 Å². The highest BCUT2D eigenvalue weighted by Gasteiger charge is 2.32. The molecular weight excluding hydrogens is 452 g/mol. The van der Waals surface area contributed by atoms with Gasteiger partial charge in [-0.05, 0) is 23.8 Å². The van der Waals surface area contributed by atoms with Crippen molar-refractivity contribution < 1.29 is 18.9 Å². The normalized spacial score (nSPS) is 14.6. The van der Waals surface area contributed by atoms with Crippen molar-refractivity contribution in [3.63, 3.8) is 0 Å². The van der Waals surface area contributed by atoms with E-state index in [0.717, 1.165) is 17.3 Å². The first kappa shape index (κ1) is 23.0. The van der Waals surface area contributed by atoms with Crippen LogP contribution >= 0.6 is 11.8 Å². The number of aromatic nitrogens is 2. The lowest BCUT2D eigenvalue weighted by Gasteiger charge is -2.17. The zero-order chi connectivity index (χ0) is 23.9. The molecule has 1 N–H and O–H groups in total. The third-order valence-corrected chi connectivity index (χ3v) is 5.59. The monoisotopic (exact) mass is 475 g/mol. The number of hydrogen-bond acceptors (Lipinski definition) is 7. The van der Waals surface area contributed by atoms with Crippen LogP contribution in [0.4, 0.5) is 11.6 Å². The number of nitrogens with one attached hydrogen (secondary N) is 1. The van der Waals surface area contributed by atoms with Gasteiger partial charge >= 0.3 is 5.88 Å². The second kappa shape index (κ2) is 10.6. The highest BCUT2D eigenvalue weighted by Crippen LogP contribution is 2.28. The largest absolute Gasteiger partial charge is 0.305 e. The Morgan fingerprint density at radius 3 is 2.53 bits per heavy atom. The molecule has 2 heterocycles. The van der Waals surface area contributed by atoms with E-state index in [4.69, 9.17) is 4.52 Å². The number of para-hydroxylation sites is 1. The zero-order valence-corrected chi connectivity index (χ0v) is 19.5. The number of hydrogen-bond donors (Lipinski definition) is 1. The summed E-state index contributed by atoms with van der Waals surface area (Å²) < 4.78 is 5.09. The molecule has 4 rings (SSSR count). The molecule has 1 aromatic heterocycles. The van der Waals surface area contributed by atoms with Gasteiger partial charge in [-0.1, -0.05) is 72.4 Å². The van der Waals surface area contributed by atoms with Crippen molar-refractivity contribution in [3.8, 4) is 0 Å². The van der Waals surface area contributed by atoms with Crippen LogP contribution in [-0.2, 0) is 9.59 Å². The fraction of sp³-hybridized carbons (Fsp3) is 0.125. The lowest BCUT2D eigenvalue weighted by atomic mass is 10.2. The van der Waals surface area contributed by atoms with Gasteiger partial charge in [-0.3, -0.25) is 24.3 Å². The molecule has 0 saturated carbocycles. The van der Waals surface area contributed by atoms with Crippen LogP contribution < -0.4 is 20.0 Å². The molecule has 0 atom stereocenters. The summed E-state index contributed by atoms with van der Waals surface area (Å²) >= 11 is 1.16. The molecule has 2 aromatic carbocycles. The maximum absolute atomic E-state index is 13.1. The summed E-state index contributed by atoms with van der Waals surface area (Å²) in [5.74, 6) is -0.313. The molecular formula is C24H23N6O3S+. The second-order valence-corrected chi connectivity index (χ2v) is 8.31. The van der Waals surface area contributed by atoms with Gasteiger partial charge in [0.25, 0.3) is 12.1 Å². The summed E-state index contributed by atoms with van der Waals surface area (Å²) in [5.41, 5.74) is 1.99. The number of allylic oxidation sites excluding steroid dienone is 2. The van der Waals surface area contributed by atoms with E-state index < -0.39 is 0 Å². The summed E-state index contributed by atoms with van der Waals surface area (Å²) in [6.45, 7) is 0. The molecule has 2 amide bonds. The van der Waals surface area contributed by atoms with Crippen molar-refractivity contribution in [2.24, 2.45) is 4.99 Å². The molecule has 1 aliphatic rings. The van der Waals surface area contributed by atoms with Crippen molar-refractivity contribution in [1.82, 2.24) is 5.27 Å². The summed E-state index contributed by atoms with van der Waals surface area (Å²) in [7, 11) is 3.58. The van der Waals surface area contributed by atoms with Crippen molar-refractivity contribution in [3.05, 3.63) is 90.3 Å². The van der Waals surface area contributed by atoms with Crippen LogP contribution in [0.15, 0.2) is 94.2 Å². The van der Waals surface area contributed by atoms with E-state index in [1.807, 2.05) is 66.7 Å². The first-order valence-electron chi connectivity index (χ1n) is 10.4. The Balaban J connectivity index is 1.49. The van der Waals surface area contributed by atoms with Gasteiger partial charge in [0.05, 0.1) is 30.3 Å². The van der Waals surface area contributed by atoms with Gasteiger partial charge in [-0.25, -0.2) is 4.99 Å². The van der Waals surface area contributed by atoms with Gasteiger partial charge in [0.2, 0.25) is 11.2 Å². The van der Waals surface area contributed by atoms with Crippen LogP contribution in [0.25, 0.3) is 6.08 Å². The first-order chi connectivity index (χ1) is 16.5. The molecule has 0 aliphatic carbocycles. The number of thioether (sulfide) groups is 1. The van der Waals surface area contributed by atoms with E-state index >= 15 is 0 Å². The lowest BCUT2D eigenvalue weighted by Crippen LogP contribution is -2.53. The predicted molar refractivity (Wildman–Crippen MR) is 133 cm³/mol. The smallest absolute Gasteiger partial charge is 0.288 e. The van der Waals surface area contributed by atoms with Crippen LogP contribution in [0.1, 0.15) is 5.56 Å². The second-order valence-electron chi connectivity index (χ2n) is 7.36. The number of carbonyl (C=O) groups excluding carboxylic acids is 2. The average molecular weight is 476 g/mol. The highest BCUT2D eigenvalue weighted by molar-refractivity contribution is 8.14. The number of benzene rings is 2. The Bertz CT molecular complexity index is 1250. The lowest BCUT2D eigenvalue weighted by molar-refractivity contribution is -0.753. The summed E-state index contributed by atoms with van der Waals surface area (Å²) in [6, 6.07) is 19.0. The minimum absolute atomic E-state index is 0.0330. The molecule has 10 heteroatoms. The van der Waals surface area contributed by atoms with Crippen molar-refractivity contribution in [2.45, 2.75) is 0 Å². The van der Waals surface area contributed by atoms with Crippen molar-refractivity contribution in [1.29, 1.82) is 0 Å². The maximum Gasteiger partial charge on any atom is 0.305 e. The number of carbonyl (C=O) groups is 2. The minimum atomic E-state index is -0.309.